The van der Waals surface area contributed by atoms with Gasteiger partial charge in [0.15, 0.2) is 0 Å². The second kappa shape index (κ2) is 10.4. The summed E-state index contributed by atoms with van der Waals surface area (Å²) in [7, 11) is 2.03. The first-order chi connectivity index (χ1) is 13.7. The number of urea groups is 1. The van der Waals surface area contributed by atoms with Crippen LogP contribution in [0.1, 0.15) is 27.2 Å². The number of nitrogens with zero attached hydrogens (tertiary/aromatic N) is 1. The fourth-order valence-electron chi connectivity index (χ4n) is 2.56. The standard InChI is InChI=1S/C22H30N4O3/c1-22(2,3)29-21(28)25-18-13-11-17(12-14-18)24-20(27)23-15-8-16-26(4)19-9-6-5-7-10-19/h5-7,9-14H,8,15-16H2,1-4H3,(H,25,28)(H2,23,24,27). The summed E-state index contributed by atoms with van der Waals surface area (Å²) in [5.74, 6) is 0. The van der Waals surface area contributed by atoms with Crippen LogP contribution in [0.15, 0.2) is 54.6 Å². The molecule has 0 atom stereocenters. The molecular formula is C22H30N4O3. The molecule has 2 aromatic carbocycles. The lowest BCUT2D eigenvalue weighted by molar-refractivity contribution is 0.0636. The number of ether oxygens (including phenoxy) is 1. The Kier molecular flexibility index (Phi) is 7.88. The normalized spacial score (nSPS) is 10.8. The van der Waals surface area contributed by atoms with Crippen molar-refractivity contribution in [3.8, 4) is 0 Å². The molecule has 0 aliphatic heterocycles. The Labute approximate surface area is 172 Å². The van der Waals surface area contributed by atoms with Gasteiger partial charge < -0.3 is 20.3 Å². The van der Waals surface area contributed by atoms with E-state index in [1.165, 1.54) is 0 Å². The van der Waals surface area contributed by atoms with Gasteiger partial charge in [0.25, 0.3) is 0 Å². The number of nitrogens with one attached hydrogen (secondary N) is 3. The van der Waals surface area contributed by atoms with Gasteiger partial charge in [-0.25, -0.2) is 9.59 Å². The lowest BCUT2D eigenvalue weighted by Gasteiger charge is -2.19. The molecule has 2 aromatic rings. The van der Waals surface area contributed by atoms with Gasteiger partial charge in [-0.1, -0.05) is 18.2 Å². The Morgan fingerprint density at radius 2 is 1.52 bits per heavy atom. The SMILES string of the molecule is CN(CCCNC(=O)Nc1ccc(NC(=O)OC(C)(C)C)cc1)c1ccccc1. The van der Waals surface area contributed by atoms with E-state index in [-0.39, 0.29) is 6.03 Å². The molecule has 0 fully saturated rings. The zero-order valence-corrected chi connectivity index (χ0v) is 17.5. The third-order valence-electron chi connectivity index (χ3n) is 3.94. The molecule has 0 heterocycles. The van der Waals surface area contributed by atoms with E-state index in [2.05, 4.69) is 33.0 Å². The molecule has 0 unspecified atom stereocenters. The summed E-state index contributed by atoms with van der Waals surface area (Å²) in [4.78, 5) is 25.9. The molecule has 7 heteroatoms. The van der Waals surface area contributed by atoms with Crippen LogP contribution in [0.3, 0.4) is 0 Å². The largest absolute Gasteiger partial charge is 0.444 e. The zero-order valence-electron chi connectivity index (χ0n) is 17.5. The number of para-hydroxylation sites is 1. The van der Waals surface area contributed by atoms with Crippen LogP contribution in [0.4, 0.5) is 26.7 Å². The maximum absolute atomic E-state index is 12.0. The van der Waals surface area contributed by atoms with Crippen molar-refractivity contribution in [2.75, 3.05) is 35.7 Å². The predicted molar refractivity (Wildman–Crippen MR) is 118 cm³/mol. The third kappa shape index (κ3) is 8.55. The van der Waals surface area contributed by atoms with Crippen molar-refractivity contribution in [3.05, 3.63) is 54.6 Å². The minimum Gasteiger partial charge on any atom is -0.444 e. The van der Waals surface area contributed by atoms with Crippen molar-refractivity contribution in [2.24, 2.45) is 0 Å². The van der Waals surface area contributed by atoms with E-state index >= 15 is 0 Å². The second-order valence-electron chi connectivity index (χ2n) is 7.70. The van der Waals surface area contributed by atoms with Crippen LogP contribution in [-0.4, -0.2) is 37.9 Å². The first-order valence-electron chi connectivity index (χ1n) is 9.64. The quantitative estimate of drug-likeness (QED) is 0.591. The van der Waals surface area contributed by atoms with Crippen LogP contribution < -0.4 is 20.9 Å². The molecule has 2 rings (SSSR count). The Balaban J connectivity index is 1.69. The number of benzene rings is 2. The van der Waals surface area contributed by atoms with Crippen molar-refractivity contribution in [1.29, 1.82) is 0 Å². The highest BCUT2D eigenvalue weighted by molar-refractivity contribution is 5.90. The molecule has 0 saturated carbocycles. The topological polar surface area (TPSA) is 82.7 Å². The Morgan fingerprint density at radius 1 is 0.931 bits per heavy atom. The van der Waals surface area contributed by atoms with Gasteiger partial charge in [-0.3, -0.25) is 5.32 Å². The highest BCUT2D eigenvalue weighted by atomic mass is 16.6. The van der Waals surface area contributed by atoms with E-state index in [4.69, 9.17) is 4.74 Å². The Bertz CT molecular complexity index is 786. The van der Waals surface area contributed by atoms with Gasteiger partial charge in [0.05, 0.1) is 0 Å². The molecule has 0 radical (unpaired) electrons. The molecule has 0 aliphatic carbocycles. The minimum atomic E-state index is -0.556. The zero-order chi connectivity index (χ0) is 21.3. The van der Waals surface area contributed by atoms with Gasteiger partial charge in [-0.05, 0) is 63.6 Å². The molecule has 7 nitrogen and oxygen atoms in total. The lowest BCUT2D eigenvalue weighted by atomic mass is 10.2. The van der Waals surface area contributed by atoms with Crippen LogP contribution in [0.5, 0.6) is 0 Å². The number of hydrogen-bond donors (Lipinski definition) is 3. The minimum absolute atomic E-state index is 0.264. The van der Waals surface area contributed by atoms with Gasteiger partial charge in [0, 0.05) is 37.2 Å². The molecule has 0 saturated heterocycles. The molecule has 156 valence electrons. The fraction of sp³-hybridized carbons (Fsp3) is 0.364. The first-order valence-corrected chi connectivity index (χ1v) is 9.64. The smallest absolute Gasteiger partial charge is 0.412 e. The summed E-state index contributed by atoms with van der Waals surface area (Å²) >= 11 is 0. The van der Waals surface area contributed by atoms with Gasteiger partial charge in [0.2, 0.25) is 0 Å². The van der Waals surface area contributed by atoms with Crippen molar-refractivity contribution in [2.45, 2.75) is 32.8 Å². The van der Waals surface area contributed by atoms with Crippen LogP contribution in [0.2, 0.25) is 0 Å². The molecule has 3 amide bonds. The van der Waals surface area contributed by atoms with Gasteiger partial charge in [0.1, 0.15) is 5.60 Å². The summed E-state index contributed by atoms with van der Waals surface area (Å²) in [6, 6.07) is 16.7. The second-order valence-corrected chi connectivity index (χ2v) is 7.70. The maximum Gasteiger partial charge on any atom is 0.412 e. The maximum atomic E-state index is 12.0. The molecule has 0 aromatic heterocycles. The highest BCUT2D eigenvalue weighted by Gasteiger charge is 2.16. The van der Waals surface area contributed by atoms with Crippen LogP contribution >= 0.6 is 0 Å². The van der Waals surface area contributed by atoms with Crippen LogP contribution in [-0.2, 0) is 4.74 Å². The monoisotopic (exact) mass is 398 g/mol. The van der Waals surface area contributed by atoms with Gasteiger partial charge in [-0.2, -0.15) is 0 Å². The average molecular weight is 399 g/mol. The Hall–Kier alpha value is -3.22. The molecule has 0 bridgehead atoms. The number of amides is 3. The Morgan fingerprint density at radius 3 is 2.10 bits per heavy atom. The van der Waals surface area contributed by atoms with Crippen molar-refractivity contribution in [1.82, 2.24) is 5.32 Å². The number of hydrogen-bond acceptors (Lipinski definition) is 4. The third-order valence-corrected chi connectivity index (χ3v) is 3.94. The van der Waals surface area contributed by atoms with E-state index in [9.17, 15) is 9.59 Å². The average Bonchev–Trinajstić information content (AvgIpc) is 2.66. The van der Waals surface area contributed by atoms with Crippen LogP contribution in [0, 0.1) is 0 Å². The number of anilines is 3. The summed E-state index contributed by atoms with van der Waals surface area (Å²) in [5.41, 5.74) is 1.82. The molecule has 29 heavy (non-hydrogen) atoms. The van der Waals surface area contributed by atoms with Crippen LogP contribution in [0.25, 0.3) is 0 Å². The van der Waals surface area contributed by atoms with Crippen molar-refractivity contribution >= 4 is 29.2 Å². The summed E-state index contributed by atoms with van der Waals surface area (Å²) in [6.07, 6.45) is 0.314. The van der Waals surface area contributed by atoms with E-state index in [1.54, 1.807) is 45.0 Å². The van der Waals surface area contributed by atoms with Crippen molar-refractivity contribution < 1.29 is 14.3 Å². The van der Waals surface area contributed by atoms with Gasteiger partial charge >= 0.3 is 12.1 Å². The van der Waals surface area contributed by atoms with E-state index in [0.717, 1.165) is 18.7 Å². The summed E-state index contributed by atoms with van der Waals surface area (Å²) < 4.78 is 5.20. The number of carbonyl (C=O) groups excluding carboxylic acids is 2. The summed E-state index contributed by atoms with van der Waals surface area (Å²) in [5, 5.41) is 8.27. The fourth-order valence-corrected chi connectivity index (χ4v) is 2.56. The molecule has 3 N–H and O–H groups in total. The molecule has 0 spiro atoms. The predicted octanol–water partition coefficient (Wildman–Crippen LogP) is 4.68. The highest BCUT2D eigenvalue weighted by Crippen LogP contribution is 2.15. The molecular weight excluding hydrogens is 368 g/mol. The van der Waals surface area contributed by atoms with E-state index in [1.807, 2.05) is 25.2 Å². The number of rotatable bonds is 7. The molecule has 0 aliphatic rings. The summed E-state index contributed by atoms with van der Waals surface area (Å²) in [6.45, 7) is 6.82. The van der Waals surface area contributed by atoms with E-state index < -0.39 is 11.7 Å². The first kappa shape index (κ1) is 22.1. The lowest BCUT2D eigenvalue weighted by Crippen LogP contribution is -2.31. The van der Waals surface area contributed by atoms with E-state index in [0.29, 0.717) is 17.9 Å². The van der Waals surface area contributed by atoms with Gasteiger partial charge in [-0.15, -0.1) is 0 Å². The van der Waals surface area contributed by atoms with Crippen molar-refractivity contribution in [3.63, 3.8) is 0 Å². The number of carbonyl (C=O) groups is 2.